The molecule has 1 fully saturated rings. The van der Waals surface area contributed by atoms with E-state index < -0.39 is 10.0 Å². The summed E-state index contributed by atoms with van der Waals surface area (Å²) in [4.78, 5) is 12.0. The highest BCUT2D eigenvalue weighted by atomic mass is 32.2. The van der Waals surface area contributed by atoms with Crippen LogP contribution in [0, 0.1) is 6.92 Å². The molecule has 134 valence electrons. The van der Waals surface area contributed by atoms with Crippen molar-refractivity contribution in [2.75, 3.05) is 32.5 Å². The van der Waals surface area contributed by atoms with Gasteiger partial charge in [-0.15, -0.1) is 0 Å². The quantitative estimate of drug-likeness (QED) is 0.758. The van der Waals surface area contributed by atoms with Crippen LogP contribution in [0.15, 0.2) is 24.3 Å². The summed E-state index contributed by atoms with van der Waals surface area (Å²) >= 11 is 0. The minimum atomic E-state index is -3.31. The fourth-order valence-electron chi connectivity index (χ4n) is 2.80. The second-order valence-corrected chi connectivity index (χ2v) is 8.25. The normalized spacial score (nSPS) is 18.0. The van der Waals surface area contributed by atoms with Gasteiger partial charge >= 0.3 is 0 Å². The molecule has 0 bridgehead atoms. The minimum Gasteiger partial charge on any atom is -0.377 e. The smallest absolute Gasteiger partial charge is 0.224 e. The average Bonchev–Trinajstić information content (AvgIpc) is 2.98. The van der Waals surface area contributed by atoms with Gasteiger partial charge in [-0.1, -0.05) is 29.8 Å². The number of amides is 1. The second kappa shape index (κ2) is 8.60. The summed E-state index contributed by atoms with van der Waals surface area (Å²) in [5.74, 6) is -0.105. The molecule has 0 aromatic heterocycles. The predicted molar refractivity (Wildman–Crippen MR) is 93.3 cm³/mol. The number of carbonyl (C=O) groups excluding carboxylic acids is 1. The Morgan fingerprint density at radius 3 is 2.83 bits per heavy atom. The summed E-state index contributed by atoms with van der Waals surface area (Å²) in [5, 5.41) is 2.79. The van der Waals surface area contributed by atoms with Crippen molar-refractivity contribution in [3.8, 4) is 0 Å². The molecular formula is C17H26N2O4S. The Morgan fingerprint density at radius 2 is 2.21 bits per heavy atom. The highest BCUT2D eigenvalue weighted by molar-refractivity contribution is 7.88. The van der Waals surface area contributed by atoms with Crippen LogP contribution in [0.2, 0.25) is 0 Å². The molecule has 24 heavy (non-hydrogen) atoms. The molecular weight excluding hydrogens is 328 g/mol. The number of sulfonamides is 1. The van der Waals surface area contributed by atoms with Crippen molar-refractivity contribution in [3.63, 3.8) is 0 Å². The van der Waals surface area contributed by atoms with Gasteiger partial charge in [0.25, 0.3) is 0 Å². The first-order valence-electron chi connectivity index (χ1n) is 8.23. The maximum Gasteiger partial charge on any atom is 0.224 e. The van der Waals surface area contributed by atoms with Crippen LogP contribution in [0.1, 0.15) is 24.0 Å². The summed E-state index contributed by atoms with van der Waals surface area (Å²) in [6, 6.07) is 7.79. The Labute approximate surface area is 144 Å². The zero-order valence-corrected chi connectivity index (χ0v) is 15.1. The molecule has 1 heterocycles. The number of ether oxygens (including phenoxy) is 1. The van der Waals surface area contributed by atoms with Gasteiger partial charge in [-0.2, -0.15) is 4.31 Å². The highest BCUT2D eigenvalue weighted by Gasteiger charge is 2.24. The van der Waals surface area contributed by atoms with Crippen LogP contribution in [-0.2, 0) is 26.0 Å². The van der Waals surface area contributed by atoms with Crippen LogP contribution in [0.25, 0.3) is 0 Å². The molecule has 1 saturated heterocycles. The van der Waals surface area contributed by atoms with Crippen molar-refractivity contribution >= 4 is 15.9 Å². The Bertz CT molecular complexity index is 654. The number of nitrogens with zero attached hydrogens (tertiary/aromatic N) is 1. The lowest BCUT2D eigenvalue weighted by Gasteiger charge is -2.23. The Hall–Kier alpha value is -1.44. The number of nitrogens with one attached hydrogen (secondary N) is 1. The van der Waals surface area contributed by atoms with Crippen molar-refractivity contribution < 1.29 is 17.9 Å². The summed E-state index contributed by atoms with van der Waals surface area (Å²) in [5.41, 5.74) is 2.06. The fraction of sp³-hybridized carbons (Fsp3) is 0.588. The van der Waals surface area contributed by atoms with E-state index in [4.69, 9.17) is 4.74 Å². The third-order valence-electron chi connectivity index (χ3n) is 4.03. The standard InChI is InChI=1S/C17H26N2O4S/c1-14-5-3-6-15(11-14)12-17(20)18-8-9-19(24(2,21)22)13-16-7-4-10-23-16/h3,5-6,11,16H,4,7-10,12-13H2,1-2H3,(H,18,20). The van der Waals surface area contributed by atoms with Gasteiger partial charge < -0.3 is 10.1 Å². The van der Waals surface area contributed by atoms with E-state index >= 15 is 0 Å². The molecule has 1 aromatic rings. The summed E-state index contributed by atoms with van der Waals surface area (Å²) in [7, 11) is -3.31. The third kappa shape index (κ3) is 6.22. The van der Waals surface area contributed by atoms with Crippen molar-refractivity contribution in [2.45, 2.75) is 32.3 Å². The Balaban J connectivity index is 1.80. The minimum absolute atomic E-state index is 0.0391. The first-order chi connectivity index (χ1) is 11.3. The first kappa shape index (κ1) is 18.9. The van der Waals surface area contributed by atoms with Gasteiger partial charge in [0.2, 0.25) is 15.9 Å². The number of rotatable bonds is 8. The molecule has 0 saturated carbocycles. The molecule has 0 aliphatic carbocycles. The second-order valence-electron chi connectivity index (χ2n) is 6.27. The zero-order chi connectivity index (χ0) is 17.6. The van der Waals surface area contributed by atoms with Crippen molar-refractivity contribution in [1.29, 1.82) is 0 Å². The molecule has 1 aliphatic heterocycles. The van der Waals surface area contributed by atoms with E-state index in [2.05, 4.69) is 5.32 Å². The topological polar surface area (TPSA) is 75.7 Å². The van der Waals surface area contributed by atoms with Gasteiger partial charge in [-0.05, 0) is 25.3 Å². The van der Waals surface area contributed by atoms with Crippen LogP contribution < -0.4 is 5.32 Å². The van der Waals surface area contributed by atoms with Gasteiger partial charge in [-0.3, -0.25) is 4.79 Å². The van der Waals surface area contributed by atoms with E-state index in [0.29, 0.717) is 26.1 Å². The molecule has 1 N–H and O–H groups in total. The van der Waals surface area contributed by atoms with E-state index in [1.54, 1.807) is 0 Å². The van der Waals surface area contributed by atoms with E-state index in [-0.39, 0.29) is 18.6 Å². The van der Waals surface area contributed by atoms with Crippen LogP contribution in [-0.4, -0.2) is 57.2 Å². The van der Waals surface area contributed by atoms with E-state index in [1.807, 2.05) is 31.2 Å². The van der Waals surface area contributed by atoms with Gasteiger partial charge in [0.1, 0.15) is 0 Å². The van der Waals surface area contributed by atoms with E-state index in [9.17, 15) is 13.2 Å². The maximum atomic E-state index is 12.0. The lowest BCUT2D eigenvalue weighted by atomic mass is 10.1. The van der Waals surface area contributed by atoms with Crippen LogP contribution in [0.4, 0.5) is 0 Å². The average molecular weight is 354 g/mol. The summed E-state index contributed by atoms with van der Waals surface area (Å²) in [6.45, 7) is 3.58. The van der Waals surface area contributed by atoms with Crippen LogP contribution >= 0.6 is 0 Å². The molecule has 1 atom stereocenters. The fourth-order valence-corrected chi connectivity index (χ4v) is 3.66. The van der Waals surface area contributed by atoms with Crippen molar-refractivity contribution in [2.24, 2.45) is 0 Å². The number of aryl methyl sites for hydroxylation is 1. The van der Waals surface area contributed by atoms with Crippen LogP contribution in [0.3, 0.4) is 0 Å². The molecule has 0 spiro atoms. The molecule has 1 unspecified atom stereocenters. The summed E-state index contributed by atoms with van der Waals surface area (Å²) in [6.07, 6.45) is 3.30. The Kier molecular flexibility index (Phi) is 6.77. The molecule has 1 aliphatic rings. The molecule has 6 nitrogen and oxygen atoms in total. The SMILES string of the molecule is Cc1cccc(CC(=O)NCCN(CC2CCCO2)S(C)(=O)=O)c1. The predicted octanol–water partition coefficient (Wildman–Crippen LogP) is 1.09. The molecule has 2 rings (SSSR count). The van der Waals surface area contributed by atoms with Crippen LogP contribution in [0.5, 0.6) is 0 Å². The molecule has 1 amide bonds. The maximum absolute atomic E-state index is 12.0. The number of carbonyl (C=O) groups is 1. The van der Waals surface area contributed by atoms with Gasteiger partial charge in [0.15, 0.2) is 0 Å². The third-order valence-corrected chi connectivity index (χ3v) is 5.30. The highest BCUT2D eigenvalue weighted by Crippen LogP contribution is 2.14. The lowest BCUT2D eigenvalue weighted by molar-refractivity contribution is -0.120. The molecule has 1 aromatic carbocycles. The number of benzene rings is 1. The van der Waals surface area contributed by atoms with E-state index in [1.165, 1.54) is 10.6 Å². The van der Waals surface area contributed by atoms with Crippen molar-refractivity contribution in [1.82, 2.24) is 9.62 Å². The van der Waals surface area contributed by atoms with E-state index in [0.717, 1.165) is 24.0 Å². The largest absolute Gasteiger partial charge is 0.377 e. The van der Waals surface area contributed by atoms with Crippen molar-refractivity contribution in [3.05, 3.63) is 35.4 Å². The van der Waals surface area contributed by atoms with Gasteiger partial charge in [0, 0.05) is 26.2 Å². The summed E-state index contributed by atoms with van der Waals surface area (Å²) < 4.78 is 30.6. The molecule has 7 heteroatoms. The van der Waals surface area contributed by atoms with Gasteiger partial charge in [0.05, 0.1) is 18.8 Å². The molecule has 0 radical (unpaired) electrons. The first-order valence-corrected chi connectivity index (χ1v) is 10.1. The van der Waals surface area contributed by atoms with Gasteiger partial charge in [-0.25, -0.2) is 8.42 Å². The zero-order valence-electron chi connectivity index (χ0n) is 14.3. The number of hydrogen-bond donors (Lipinski definition) is 1. The lowest BCUT2D eigenvalue weighted by Crippen LogP contribution is -2.42. The number of hydrogen-bond acceptors (Lipinski definition) is 4. The Morgan fingerprint density at radius 1 is 1.42 bits per heavy atom. The monoisotopic (exact) mass is 354 g/mol.